The van der Waals surface area contributed by atoms with E-state index in [4.69, 9.17) is 0 Å². The number of hydrogen-bond acceptors (Lipinski definition) is 3. The molecule has 1 N–H and O–H groups in total. The van der Waals surface area contributed by atoms with E-state index in [1.54, 1.807) is 12.1 Å². The molecule has 0 aromatic heterocycles. The number of halogens is 1. The minimum Gasteiger partial charge on any atom is -0.376 e. The second-order valence-electron chi connectivity index (χ2n) is 6.07. The van der Waals surface area contributed by atoms with Crippen molar-refractivity contribution in [3.63, 3.8) is 0 Å². The van der Waals surface area contributed by atoms with E-state index in [9.17, 15) is 9.18 Å². The first kappa shape index (κ1) is 16.3. The molecular weight excluding hydrogens is 305 g/mol. The van der Waals surface area contributed by atoms with Gasteiger partial charge in [0.1, 0.15) is 5.82 Å². The normalized spacial score (nSPS) is 14.6. The van der Waals surface area contributed by atoms with Gasteiger partial charge in [-0.25, -0.2) is 4.39 Å². The number of benzene rings is 2. The highest BCUT2D eigenvalue weighted by molar-refractivity contribution is 5.81. The summed E-state index contributed by atoms with van der Waals surface area (Å²) in [6, 6.07) is 14.5. The van der Waals surface area contributed by atoms with E-state index in [0.717, 1.165) is 24.5 Å². The quantitative estimate of drug-likeness (QED) is 0.938. The van der Waals surface area contributed by atoms with E-state index < -0.39 is 0 Å². The van der Waals surface area contributed by atoms with Crippen LogP contribution < -0.4 is 10.2 Å². The number of amides is 1. The summed E-state index contributed by atoms with van der Waals surface area (Å²) in [7, 11) is 0. The molecule has 2 aromatic carbocycles. The topological polar surface area (TPSA) is 35.6 Å². The van der Waals surface area contributed by atoms with Gasteiger partial charge in [0.25, 0.3) is 0 Å². The molecule has 1 aliphatic heterocycles. The Morgan fingerprint density at radius 3 is 2.46 bits per heavy atom. The van der Waals surface area contributed by atoms with E-state index in [-0.39, 0.29) is 11.7 Å². The number of carbonyl (C=O) groups is 1. The van der Waals surface area contributed by atoms with Crippen LogP contribution in [0, 0.1) is 12.7 Å². The largest absolute Gasteiger partial charge is 0.376 e. The van der Waals surface area contributed by atoms with Gasteiger partial charge in [-0.05, 0) is 48.9 Å². The molecule has 24 heavy (non-hydrogen) atoms. The number of nitrogens with one attached hydrogen (secondary N) is 1. The minimum absolute atomic E-state index is 0.107. The predicted octanol–water partition coefficient (Wildman–Crippen LogP) is 2.89. The minimum atomic E-state index is -0.227. The fourth-order valence-corrected chi connectivity index (χ4v) is 2.91. The SMILES string of the molecule is Cc1cccc(NCC(=O)N2CCN(c3ccc(F)cc3)CC2)c1. The molecular formula is C19H22FN3O. The monoisotopic (exact) mass is 327 g/mol. The summed E-state index contributed by atoms with van der Waals surface area (Å²) in [4.78, 5) is 16.4. The highest BCUT2D eigenvalue weighted by atomic mass is 19.1. The van der Waals surface area contributed by atoms with E-state index >= 15 is 0 Å². The second-order valence-corrected chi connectivity index (χ2v) is 6.07. The van der Waals surface area contributed by atoms with Crippen LogP contribution in [-0.2, 0) is 4.79 Å². The maximum Gasteiger partial charge on any atom is 0.241 e. The second kappa shape index (κ2) is 7.34. The first-order chi connectivity index (χ1) is 11.6. The van der Waals surface area contributed by atoms with Gasteiger partial charge >= 0.3 is 0 Å². The van der Waals surface area contributed by atoms with Crippen LogP contribution in [0.1, 0.15) is 5.56 Å². The maximum atomic E-state index is 13.0. The van der Waals surface area contributed by atoms with Gasteiger partial charge in [0.2, 0.25) is 5.91 Å². The lowest BCUT2D eigenvalue weighted by Crippen LogP contribution is -2.50. The summed E-state index contributed by atoms with van der Waals surface area (Å²) in [5, 5.41) is 3.19. The van der Waals surface area contributed by atoms with Crippen LogP contribution in [0.4, 0.5) is 15.8 Å². The van der Waals surface area contributed by atoms with E-state index in [1.165, 1.54) is 17.7 Å². The highest BCUT2D eigenvalue weighted by Crippen LogP contribution is 2.17. The molecule has 0 saturated carbocycles. The standard InChI is InChI=1S/C19H22FN3O/c1-15-3-2-4-17(13-15)21-14-19(24)23-11-9-22(10-12-23)18-7-5-16(20)6-8-18/h2-8,13,21H,9-12,14H2,1H3. The summed E-state index contributed by atoms with van der Waals surface area (Å²) >= 11 is 0. The van der Waals surface area contributed by atoms with Crippen molar-refractivity contribution < 1.29 is 9.18 Å². The third kappa shape index (κ3) is 4.04. The molecule has 0 radical (unpaired) electrons. The van der Waals surface area contributed by atoms with Gasteiger partial charge < -0.3 is 15.1 Å². The van der Waals surface area contributed by atoms with Crippen molar-refractivity contribution in [1.82, 2.24) is 4.90 Å². The summed E-state index contributed by atoms with van der Waals surface area (Å²) in [5.74, 6) is -0.120. The van der Waals surface area contributed by atoms with Gasteiger partial charge in [0, 0.05) is 37.6 Å². The molecule has 3 rings (SSSR count). The molecule has 4 nitrogen and oxygen atoms in total. The smallest absolute Gasteiger partial charge is 0.241 e. The molecule has 1 saturated heterocycles. The Hall–Kier alpha value is -2.56. The van der Waals surface area contributed by atoms with Crippen LogP contribution in [0.15, 0.2) is 48.5 Å². The highest BCUT2D eigenvalue weighted by Gasteiger charge is 2.21. The van der Waals surface area contributed by atoms with Crippen molar-refractivity contribution in [1.29, 1.82) is 0 Å². The van der Waals surface area contributed by atoms with Gasteiger partial charge in [-0.1, -0.05) is 12.1 Å². The van der Waals surface area contributed by atoms with Crippen LogP contribution in [-0.4, -0.2) is 43.5 Å². The zero-order valence-electron chi connectivity index (χ0n) is 13.8. The number of carbonyl (C=O) groups excluding carboxylic acids is 1. The van der Waals surface area contributed by atoms with Gasteiger partial charge in [0.05, 0.1) is 6.54 Å². The third-order valence-electron chi connectivity index (χ3n) is 4.29. The molecule has 2 aromatic rings. The first-order valence-corrected chi connectivity index (χ1v) is 8.21. The Balaban J connectivity index is 1.49. The average molecular weight is 327 g/mol. The van der Waals surface area contributed by atoms with Gasteiger partial charge in [-0.2, -0.15) is 0 Å². The molecule has 126 valence electrons. The fourth-order valence-electron chi connectivity index (χ4n) is 2.91. The van der Waals surface area contributed by atoms with Crippen LogP contribution in [0.25, 0.3) is 0 Å². The Kier molecular flexibility index (Phi) is 4.99. The predicted molar refractivity (Wildman–Crippen MR) is 94.9 cm³/mol. The third-order valence-corrected chi connectivity index (χ3v) is 4.29. The average Bonchev–Trinajstić information content (AvgIpc) is 2.61. The first-order valence-electron chi connectivity index (χ1n) is 8.21. The summed E-state index contributed by atoms with van der Waals surface area (Å²) in [6.45, 7) is 5.24. The van der Waals surface area contributed by atoms with Crippen molar-refractivity contribution >= 4 is 17.3 Å². The summed E-state index contributed by atoms with van der Waals surface area (Å²) in [5.41, 5.74) is 3.13. The van der Waals surface area contributed by atoms with Crippen LogP contribution in [0.3, 0.4) is 0 Å². The fraction of sp³-hybridized carbons (Fsp3) is 0.316. The molecule has 1 heterocycles. The van der Waals surface area contributed by atoms with Crippen molar-refractivity contribution in [3.05, 3.63) is 59.9 Å². The summed E-state index contributed by atoms with van der Waals surface area (Å²) in [6.07, 6.45) is 0. The number of nitrogens with zero attached hydrogens (tertiary/aromatic N) is 2. The van der Waals surface area contributed by atoms with Gasteiger partial charge in [0.15, 0.2) is 0 Å². The Bertz CT molecular complexity index is 694. The van der Waals surface area contributed by atoms with Crippen molar-refractivity contribution in [2.75, 3.05) is 42.9 Å². The molecule has 0 aliphatic carbocycles. The van der Waals surface area contributed by atoms with Gasteiger partial charge in [-0.3, -0.25) is 4.79 Å². The molecule has 0 bridgehead atoms. The van der Waals surface area contributed by atoms with E-state index in [2.05, 4.69) is 10.2 Å². The number of anilines is 2. The Morgan fingerprint density at radius 2 is 1.79 bits per heavy atom. The molecule has 0 spiro atoms. The molecule has 1 aliphatic rings. The lowest BCUT2D eigenvalue weighted by molar-refractivity contribution is -0.129. The number of aryl methyl sites for hydroxylation is 1. The zero-order chi connectivity index (χ0) is 16.9. The molecule has 1 fully saturated rings. The zero-order valence-corrected chi connectivity index (χ0v) is 13.8. The number of hydrogen-bond donors (Lipinski definition) is 1. The number of piperazine rings is 1. The van der Waals surface area contributed by atoms with Crippen LogP contribution in [0.2, 0.25) is 0 Å². The van der Waals surface area contributed by atoms with Crippen LogP contribution in [0.5, 0.6) is 0 Å². The van der Waals surface area contributed by atoms with Crippen molar-refractivity contribution in [3.8, 4) is 0 Å². The summed E-state index contributed by atoms with van der Waals surface area (Å²) < 4.78 is 13.0. The molecule has 0 atom stereocenters. The molecule has 5 heteroatoms. The number of rotatable bonds is 4. The lowest BCUT2D eigenvalue weighted by Gasteiger charge is -2.36. The Labute approximate surface area is 141 Å². The maximum absolute atomic E-state index is 13.0. The van der Waals surface area contributed by atoms with E-state index in [1.807, 2.05) is 36.1 Å². The van der Waals surface area contributed by atoms with Crippen LogP contribution >= 0.6 is 0 Å². The van der Waals surface area contributed by atoms with Gasteiger partial charge in [-0.15, -0.1) is 0 Å². The lowest BCUT2D eigenvalue weighted by atomic mass is 10.2. The molecule has 1 amide bonds. The Morgan fingerprint density at radius 1 is 1.08 bits per heavy atom. The van der Waals surface area contributed by atoms with Crippen molar-refractivity contribution in [2.45, 2.75) is 6.92 Å². The molecule has 0 unspecified atom stereocenters. The van der Waals surface area contributed by atoms with E-state index in [0.29, 0.717) is 19.6 Å². The van der Waals surface area contributed by atoms with Crippen molar-refractivity contribution in [2.24, 2.45) is 0 Å².